The topological polar surface area (TPSA) is 68.1 Å². The second-order valence-electron chi connectivity index (χ2n) is 2.13. The van der Waals surface area contributed by atoms with Crippen molar-refractivity contribution in [1.82, 2.24) is 4.98 Å². The number of ether oxygens (including phenoxy) is 1. The van der Waals surface area contributed by atoms with E-state index < -0.39 is 12.0 Å². The van der Waals surface area contributed by atoms with Crippen molar-refractivity contribution in [1.29, 1.82) is 0 Å². The summed E-state index contributed by atoms with van der Waals surface area (Å²) in [6.45, 7) is 0. The zero-order valence-corrected chi connectivity index (χ0v) is 7.43. The highest BCUT2D eigenvalue weighted by molar-refractivity contribution is 5.85. The van der Waals surface area contributed by atoms with E-state index in [-0.39, 0.29) is 12.4 Å². The van der Waals surface area contributed by atoms with Gasteiger partial charge >= 0.3 is 5.97 Å². The first kappa shape index (κ1) is 11.0. The number of hydrogen-bond acceptors (Lipinski definition) is 3. The highest BCUT2D eigenvalue weighted by atomic mass is 35.5. The zero-order chi connectivity index (χ0) is 8.27. The molecule has 68 valence electrons. The second-order valence-corrected chi connectivity index (χ2v) is 2.13. The summed E-state index contributed by atoms with van der Waals surface area (Å²) < 4.78 is 4.45. The fourth-order valence-corrected chi connectivity index (χ4v) is 0.792. The van der Waals surface area contributed by atoms with E-state index in [1.165, 1.54) is 7.11 Å². The van der Waals surface area contributed by atoms with E-state index in [2.05, 4.69) is 9.72 Å². The Morgan fingerprint density at radius 3 is 2.83 bits per heavy atom. The molecule has 0 bridgehead atoms. The molecule has 3 N–H and O–H groups in total. The largest absolute Gasteiger partial charge is 0.468 e. The number of aromatic amines is 1. The Bertz CT molecular complexity index is 236. The summed E-state index contributed by atoms with van der Waals surface area (Å²) in [5.74, 6) is -0.438. The van der Waals surface area contributed by atoms with E-state index in [1.807, 2.05) is 0 Å². The van der Waals surface area contributed by atoms with E-state index in [4.69, 9.17) is 5.73 Å². The van der Waals surface area contributed by atoms with Crippen molar-refractivity contribution in [3.05, 3.63) is 24.0 Å². The SMILES string of the molecule is COC(=O)[C@@H](N)c1ccc[nH]1.Cl. The molecule has 4 nitrogen and oxygen atoms in total. The first-order valence-corrected chi connectivity index (χ1v) is 3.22. The molecule has 0 aliphatic carbocycles. The van der Waals surface area contributed by atoms with Gasteiger partial charge < -0.3 is 15.5 Å². The highest BCUT2D eigenvalue weighted by Crippen LogP contribution is 2.07. The molecule has 0 aliphatic heterocycles. The van der Waals surface area contributed by atoms with Crippen LogP contribution in [0.3, 0.4) is 0 Å². The summed E-state index contributed by atoms with van der Waals surface area (Å²) in [7, 11) is 1.31. The van der Waals surface area contributed by atoms with Crippen LogP contribution in [0, 0.1) is 0 Å². The minimum absolute atomic E-state index is 0. The van der Waals surface area contributed by atoms with E-state index in [0.717, 1.165) is 0 Å². The van der Waals surface area contributed by atoms with Gasteiger partial charge in [-0.3, -0.25) is 0 Å². The molecule has 12 heavy (non-hydrogen) atoms. The molecule has 1 aromatic rings. The maximum Gasteiger partial charge on any atom is 0.328 e. The second kappa shape index (κ2) is 4.79. The Hall–Kier alpha value is -1.00. The van der Waals surface area contributed by atoms with Crippen LogP contribution in [-0.2, 0) is 9.53 Å². The van der Waals surface area contributed by atoms with Gasteiger partial charge in [0.2, 0.25) is 0 Å². The Morgan fingerprint density at radius 2 is 2.42 bits per heavy atom. The molecule has 0 fully saturated rings. The summed E-state index contributed by atoms with van der Waals surface area (Å²) in [4.78, 5) is 13.7. The van der Waals surface area contributed by atoms with Gasteiger partial charge in [0.05, 0.1) is 7.11 Å². The van der Waals surface area contributed by atoms with Gasteiger partial charge in [0, 0.05) is 11.9 Å². The predicted octanol–water partition coefficient (Wildman–Crippen LogP) is 0.609. The first-order valence-electron chi connectivity index (χ1n) is 3.22. The molecular formula is C7H11ClN2O2. The van der Waals surface area contributed by atoms with Crippen molar-refractivity contribution >= 4 is 18.4 Å². The minimum atomic E-state index is -0.699. The number of hydrogen-bond donors (Lipinski definition) is 2. The van der Waals surface area contributed by atoms with Crippen LogP contribution in [-0.4, -0.2) is 18.1 Å². The van der Waals surface area contributed by atoms with E-state index >= 15 is 0 Å². The average Bonchev–Trinajstić information content (AvgIpc) is 2.53. The van der Waals surface area contributed by atoms with Gasteiger partial charge in [-0.25, -0.2) is 4.79 Å². The normalized spacial score (nSPS) is 11.5. The Kier molecular flexibility index (Phi) is 4.39. The molecule has 0 amide bonds. The number of aromatic nitrogens is 1. The maximum absolute atomic E-state index is 10.8. The van der Waals surface area contributed by atoms with E-state index in [0.29, 0.717) is 5.69 Å². The van der Waals surface area contributed by atoms with Crippen LogP contribution in [0.15, 0.2) is 18.3 Å². The fraction of sp³-hybridized carbons (Fsp3) is 0.286. The van der Waals surface area contributed by atoms with Crippen LogP contribution >= 0.6 is 12.4 Å². The van der Waals surface area contributed by atoms with Gasteiger partial charge in [-0.2, -0.15) is 0 Å². The van der Waals surface area contributed by atoms with Crippen LogP contribution in [0.25, 0.3) is 0 Å². The lowest BCUT2D eigenvalue weighted by molar-refractivity contribution is -0.142. The number of nitrogens with two attached hydrogens (primary N) is 1. The van der Waals surface area contributed by atoms with Crippen molar-refractivity contribution < 1.29 is 9.53 Å². The fourth-order valence-electron chi connectivity index (χ4n) is 0.792. The standard InChI is InChI=1S/C7H10N2O2.ClH/c1-11-7(10)6(8)5-3-2-4-9-5;/h2-4,6,9H,8H2,1H3;1H/t6-;/m0./s1. The molecule has 5 heteroatoms. The summed E-state index contributed by atoms with van der Waals surface area (Å²) in [5, 5.41) is 0. The highest BCUT2D eigenvalue weighted by Gasteiger charge is 2.15. The number of methoxy groups -OCH3 is 1. The van der Waals surface area contributed by atoms with Crippen molar-refractivity contribution in [3.8, 4) is 0 Å². The zero-order valence-electron chi connectivity index (χ0n) is 6.61. The number of nitrogens with one attached hydrogen (secondary N) is 1. The van der Waals surface area contributed by atoms with Gasteiger partial charge in [0.1, 0.15) is 6.04 Å². The van der Waals surface area contributed by atoms with Crippen molar-refractivity contribution in [2.45, 2.75) is 6.04 Å². The molecule has 1 aromatic heterocycles. The van der Waals surface area contributed by atoms with E-state index in [9.17, 15) is 4.79 Å². The van der Waals surface area contributed by atoms with Crippen LogP contribution in [0.5, 0.6) is 0 Å². The molecule has 1 atom stereocenters. The minimum Gasteiger partial charge on any atom is -0.468 e. The maximum atomic E-state index is 10.8. The summed E-state index contributed by atoms with van der Waals surface area (Å²) >= 11 is 0. The van der Waals surface area contributed by atoms with Crippen LogP contribution in [0.1, 0.15) is 11.7 Å². The van der Waals surface area contributed by atoms with Crippen LogP contribution in [0.2, 0.25) is 0 Å². The third kappa shape index (κ3) is 2.25. The number of rotatable bonds is 2. The average molecular weight is 191 g/mol. The van der Waals surface area contributed by atoms with Crippen LogP contribution < -0.4 is 5.73 Å². The van der Waals surface area contributed by atoms with Gasteiger partial charge in [-0.15, -0.1) is 12.4 Å². The number of carbonyl (C=O) groups is 1. The monoisotopic (exact) mass is 190 g/mol. The van der Waals surface area contributed by atoms with Gasteiger partial charge in [0.25, 0.3) is 0 Å². The molecule has 0 aromatic carbocycles. The molecule has 0 radical (unpaired) electrons. The Labute approximate surface area is 76.5 Å². The number of H-pyrrole nitrogens is 1. The molecule has 0 aliphatic rings. The molecule has 0 unspecified atom stereocenters. The van der Waals surface area contributed by atoms with Crippen molar-refractivity contribution in [3.63, 3.8) is 0 Å². The summed E-state index contributed by atoms with van der Waals surface area (Å²) in [6.07, 6.45) is 1.71. The molecule has 0 spiro atoms. The molecule has 1 heterocycles. The third-order valence-corrected chi connectivity index (χ3v) is 1.41. The molecular weight excluding hydrogens is 180 g/mol. The van der Waals surface area contributed by atoms with Crippen molar-refractivity contribution in [2.24, 2.45) is 5.73 Å². The number of halogens is 1. The quantitative estimate of drug-likeness (QED) is 0.672. The molecule has 1 rings (SSSR count). The predicted molar refractivity (Wildman–Crippen MR) is 47.0 cm³/mol. The van der Waals surface area contributed by atoms with Crippen LogP contribution in [0.4, 0.5) is 0 Å². The van der Waals surface area contributed by atoms with Gasteiger partial charge in [-0.05, 0) is 12.1 Å². The van der Waals surface area contributed by atoms with E-state index in [1.54, 1.807) is 18.3 Å². The molecule has 0 saturated heterocycles. The molecule has 0 saturated carbocycles. The lowest BCUT2D eigenvalue weighted by atomic mass is 10.2. The van der Waals surface area contributed by atoms with Gasteiger partial charge in [-0.1, -0.05) is 0 Å². The first-order chi connectivity index (χ1) is 5.25. The lowest BCUT2D eigenvalue weighted by Crippen LogP contribution is -2.22. The number of carbonyl (C=O) groups excluding carboxylic acids is 1. The third-order valence-electron chi connectivity index (χ3n) is 1.41. The lowest BCUT2D eigenvalue weighted by Gasteiger charge is -2.05. The number of esters is 1. The Balaban J connectivity index is 0.00000121. The summed E-state index contributed by atoms with van der Waals surface area (Å²) in [6, 6.07) is 2.81. The Morgan fingerprint density at radius 1 is 1.75 bits per heavy atom. The smallest absolute Gasteiger partial charge is 0.328 e. The van der Waals surface area contributed by atoms with Crippen molar-refractivity contribution in [2.75, 3.05) is 7.11 Å². The van der Waals surface area contributed by atoms with Gasteiger partial charge in [0.15, 0.2) is 0 Å². The summed E-state index contributed by atoms with van der Waals surface area (Å²) in [5.41, 5.74) is 6.15.